The zero-order chi connectivity index (χ0) is 13.9. The molecule has 2 unspecified atom stereocenters. The fourth-order valence-corrected chi connectivity index (χ4v) is 2.68. The van der Waals surface area contributed by atoms with Crippen molar-refractivity contribution < 1.29 is 9.00 Å². The van der Waals surface area contributed by atoms with Crippen molar-refractivity contribution in [3.05, 3.63) is 27.7 Å². The van der Waals surface area contributed by atoms with Crippen molar-refractivity contribution in [2.45, 2.75) is 13.0 Å². The predicted molar refractivity (Wildman–Crippen MR) is 76.7 cm³/mol. The van der Waals surface area contributed by atoms with Crippen LogP contribution in [-0.2, 0) is 10.8 Å². The molecular weight excluding hydrogens is 295 g/mol. The molecular formula is C11H14Cl2N2O2S. The van der Waals surface area contributed by atoms with E-state index in [0.29, 0.717) is 11.4 Å². The van der Waals surface area contributed by atoms with E-state index in [9.17, 15) is 9.00 Å². The molecule has 0 radical (unpaired) electrons. The minimum Gasteiger partial charge on any atom is -0.399 e. The van der Waals surface area contributed by atoms with E-state index in [1.165, 1.54) is 12.1 Å². The lowest BCUT2D eigenvalue weighted by molar-refractivity contribution is 0.0944. The normalized spacial score (nSPS) is 14.0. The molecule has 1 aromatic carbocycles. The third-order valence-electron chi connectivity index (χ3n) is 2.16. The first-order valence-electron chi connectivity index (χ1n) is 5.16. The van der Waals surface area contributed by atoms with Crippen molar-refractivity contribution >= 4 is 45.6 Å². The first-order valence-corrected chi connectivity index (χ1v) is 7.65. The number of halogens is 2. The third-order valence-corrected chi connectivity index (χ3v) is 3.93. The molecule has 0 bridgehead atoms. The molecule has 2 atom stereocenters. The minimum atomic E-state index is -0.981. The van der Waals surface area contributed by atoms with Crippen molar-refractivity contribution in [2.24, 2.45) is 0 Å². The second-order valence-electron chi connectivity index (χ2n) is 3.98. The van der Waals surface area contributed by atoms with E-state index < -0.39 is 10.8 Å². The molecule has 0 aliphatic rings. The number of hydrogen-bond acceptors (Lipinski definition) is 3. The van der Waals surface area contributed by atoms with Gasteiger partial charge in [-0.05, 0) is 19.1 Å². The molecule has 0 saturated heterocycles. The second-order valence-corrected chi connectivity index (χ2v) is 6.24. The molecule has 3 N–H and O–H groups in total. The van der Waals surface area contributed by atoms with E-state index >= 15 is 0 Å². The fraction of sp³-hybridized carbons (Fsp3) is 0.364. The minimum absolute atomic E-state index is 0.160. The summed E-state index contributed by atoms with van der Waals surface area (Å²) in [6, 6.07) is 2.71. The van der Waals surface area contributed by atoms with Crippen LogP contribution in [0.15, 0.2) is 12.1 Å². The van der Waals surface area contributed by atoms with Crippen LogP contribution in [0.4, 0.5) is 5.69 Å². The molecule has 100 valence electrons. The Hall–Kier alpha value is -0.780. The first kappa shape index (κ1) is 15.3. The maximum absolute atomic E-state index is 12.0. The molecule has 1 aromatic rings. The lowest BCUT2D eigenvalue weighted by Crippen LogP contribution is -2.36. The summed E-state index contributed by atoms with van der Waals surface area (Å²) >= 11 is 11.8. The average Bonchev–Trinajstić information content (AvgIpc) is 2.21. The summed E-state index contributed by atoms with van der Waals surface area (Å²) in [4.78, 5) is 12.0. The molecule has 18 heavy (non-hydrogen) atoms. The number of rotatable bonds is 4. The molecule has 0 aliphatic heterocycles. The molecule has 7 heteroatoms. The highest BCUT2D eigenvalue weighted by Crippen LogP contribution is 2.28. The number of nitrogens with one attached hydrogen (secondary N) is 1. The number of benzene rings is 1. The van der Waals surface area contributed by atoms with Gasteiger partial charge in [-0.25, -0.2) is 0 Å². The van der Waals surface area contributed by atoms with Gasteiger partial charge in [0.25, 0.3) is 5.91 Å². The Balaban J connectivity index is 2.88. The largest absolute Gasteiger partial charge is 0.399 e. The van der Waals surface area contributed by atoms with Crippen LogP contribution in [0.25, 0.3) is 0 Å². The summed E-state index contributed by atoms with van der Waals surface area (Å²) in [7, 11) is -0.981. The second kappa shape index (κ2) is 6.41. The molecule has 0 aromatic heterocycles. The highest BCUT2D eigenvalue weighted by molar-refractivity contribution is 7.84. The van der Waals surface area contributed by atoms with E-state index in [1.54, 1.807) is 13.2 Å². The van der Waals surface area contributed by atoms with Crippen LogP contribution in [0, 0.1) is 0 Å². The van der Waals surface area contributed by atoms with Crippen molar-refractivity contribution in [3.63, 3.8) is 0 Å². The lowest BCUT2D eigenvalue weighted by atomic mass is 10.2. The van der Waals surface area contributed by atoms with Gasteiger partial charge in [-0.1, -0.05) is 23.2 Å². The van der Waals surface area contributed by atoms with Gasteiger partial charge >= 0.3 is 0 Å². The van der Waals surface area contributed by atoms with E-state index in [4.69, 9.17) is 28.9 Å². The Kier molecular flexibility index (Phi) is 5.44. The van der Waals surface area contributed by atoms with Crippen molar-refractivity contribution in [1.29, 1.82) is 0 Å². The van der Waals surface area contributed by atoms with Crippen molar-refractivity contribution in [3.8, 4) is 0 Å². The Morgan fingerprint density at radius 2 is 2.11 bits per heavy atom. The molecule has 0 heterocycles. The highest BCUT2D eigenvalue weighted by atomic mass is 35.5. The van der Waals surface area contributed by atoms with E-state index in [1.807, 2.05) is 0 Å². The molecule has 0 fully saturated rings. The fourth-order valence-electron chi connectivity index (χ4n) is 1.47. The van der Waals surface area contributed by atoms with Gasteiger partial charge in [0.15, 0.2) is 0 Å². The third kappa shape index (κ3) is 4.15. The molecule has 1 rings (SSSR count). The molecule has 0 spiro atoms. The zero-order valence-electron chi connectivity index (χ0n) is 10.00. The van der Waals surface area contributed by atoms with Gasteiger partial charge in [-0.2, -0.15) is 0 Å². The number of anilines is 1. The molecule has 0 saturated carbocycles. The SMILES string of the molecule is CC(CS(C)=O)NC(=O)c1cc(N)cc(Cl)c1Cl. The summed E-state index contributed by atoms with van der Waals surface area (Å²) in [5.74, 6) is -0.00786. The van der Waals surface area contributed by atoms with Crippen LogP contribution in [0.3, 0.4) is 0 Å². The summed E-state index contributed by atoms with van der Waals surface area (Å²) < 4.78 is 11.0. The van der Waals surface area contributed by atoms with Crippen LogP contribution < -0.4 is 11.1 Å². The van der Waals surface area contributed by atoms with Gasteiger partial charge < -0.3 is 11.1 Å². The monoisotopic (exact) mass is 308 g/mol. The van der Waals surface area contributed by atoms with E-state index in [2.05, 4.69) is 5.32 Å². The van der Waals surface area contributed by atoms with Gasteiger partial charge in [0.05, 0.1) is 15.6 Å². The zero-order valence-corrected chi connectivity index (χ0v) is 12.3. The Morgan fingerprint density at radius 3 is 2.67 bits per heavy atom. The van der Waals surface area contributed by atoms with Crippen LogP contribution in [0.5, 0.6) is 0 Å². The number of nitrogen functional groups attached to an aromatic ring is 1. The smallest absolute Gasteiger partial charge is 0.253 e. The number of carbonyl (C=O) groups excluding carboxylic acids is 1. The van der Waals surface area contributed by atoms with Crippen molar-refractivity contribution in [2.75, 3.05) is 17.7 Å². The van der Waals surface area contributed by atoms with Crippen molar-refractivity contribution in [1.82, 2.24) is 5.32 Å². The van der Waals surface area contributed by atoms with Crippen LogP contribution >= 0.6 is 23.2 Å². The number of amides is 1. The first-order chi connectivity index (χ1) is 8.31. The van der Waals surface area contributed by atoms with Gasteiger partial charge in [0.2, 0.25) is 0 Å². The van der Waals surface area contributed by atoms with Crippen LogP contribution in [-0.4, -0.2) is 28.2 Å². The molecule has 4 nitrogen and oxygen atoms in total. The predicted octanol–water partition coefficient (Wildman–Crippen LogP) is 2.07. The maximum Gasteiger partial charge on any atom is 0.253 e. The van der Waals surface area contributed by atoms with E-state index in [-0.39, 0.29) is 27.6 Å². The van der Waals surface area contributed by atoms with Gasteiger partial charge in [-0.3, -0.25) is 9.00 Å². The van der Waals surface area contributed by atoms with Gasteiger partial charge in [-0.15, -0.1) is 0 Å². The van der Waals surface area contributed by atoms with Crippen LogP contribution in [0.2, 0.25) is 10.0 Å². The molecule has 1 amide bonds. The number of carbonyl (C=O) groups is 1. The lowest BCUT2D eigenvalue weighted by Gasteiger charge is -2.14. The quantitative estimate of drug-likeness (QED) is 0.836. The van der Waals surface area contributed by atoms with Gasteiger partial charge in [0.1, 0.15) is 0 Å². The Labute approximate surface area is 118 Å². The van der Waals surface area contributed by atoms with Crippen LogP contribution in [0.1, 0.15) is 17.3 Å². The highest BCUT2D eigenvalue weighted by Gasteiger charge is 2.16. The standard InChI is InChI=1S/C11H14Cl2N2O2S/c1-6(5-18(2)17)15-11(16)8-3-7(14)4-9(12)10(8)13/h3-4,6H,5,14H2,1-2H3,(H,15,16). The number of nitrogens with two attached hydrogens (primary N) is 1. The average molecular weight is 309 g/mol. The summed E-state index contributed by atoms with van der Waals surface area (Å²) in [6.45, 7) is 1.76. The summed E-state index contributed by atoms with van der Waals surface area (Å²) in [5.41, 5.74) is 6.19. The summed E-state index contributed by atoms with van der Waals surface area (Å²) in [5, 5.41) is 3.08. The van der Waals surface area contributed by atoms with Gasteiger partial charge in [0, 0.05) is 34.5 Å². The Morgan fingerprint density at radius 1 is 1.50 bits per heavy atom. The summed E-state index contributed by atoms with van der Waals surface area (Å²) in [6.07, 6.45) is 1.58. The topological polar surface area (TPSA) is 72.2 Å². The number of hydrogen-bond donors (Lipinski definition) is 2. The Bertz CT molecular complexity index is 494. The molecule has 0 aliphatic carbocycles. The van der Waals surface area contributed by atoms with E-state index in [0.717, 1.165) is 0 Å². The maximum atomic E-state index is 12.0.